The van der Waals surface area contributed by atoms with Crippen LogP contribution in [0.2, 0.25) is 0 Å². The minimum Gasteiger partial charge on any atom is -0.378 e. The summed E-state index contributed by atoms with van der Waals surface area (Å²) in [7, 11) is 0. The standard InChI is InChI=1S/C9H15N5O2S/c1-6(7-12-13-8(10)17-7)11-9(15)14-2-4-16-5-3-14/h6H,2-5H2,1H3,(H2,10,13)(H,11,15)/t6-/m1/s1. The van der Waals surface area contributed by atoms with Gasteiger partial charge in [0.2, 0.25) is 5.13 Å². The molecular weight excluding hydrogens is 242 g/mol. The normalized spacial score (nSPS) is 17.8. The minimum atomic E-state index is -0.180. The van der Waals surface area contributed by atoms with E-state index in [2.05, 4.69) is 15.5 Å². The number of morpholine rings is 1. The van der Waals surface area contributed by atoms with Crippen molar-refractivity contribution in [2.45, 2.75) is 13.0 Å². The van der Waals surface area contributed by atoms with Gasteiger partial charge in [0.15, 0.2) is 0 Å². The largest absolute Gasteiger partial charge is 0.378 e. The minimum absolute atomic E-state index is 0.102. The van der Waals surface area contributed by atoms with Crippen LogP contribution in [0.3, 0.4) is 0 Å². The number of nitrogens with one attached hydrogen (secondary N) is 1. The van der Waals surface area contributed by atoms with Crippen molar-refractivity contribution in [1.82, 2.24) is 20.4 Å². The molecule has 1 aliphatic heterocycles. The molecule has 0 spiro atoms. The summed E-state index contributed by atoms with van der Waals surface area (Å²) in [6.07, 6.45) is 0. The van der Waals surface area contributed by atoms with E-state index in [1.54, 1.807) is 4.90 Å². The van der Waals surface area contributed by atoms with Gasteiger partial charge < -0.3 is 20.7 Å². The molecular formula is C9H15N5O2S. The summed E-state index contributed by atoms with van der Waals surface area (Å²) in [5.41, 5.74) is 5.50. The van der Waals surface area contributed by atoms with E-state index in [1.807, 2.05) is 6.92 Å². The number of rotatable bonds is 2. The van der Waals surface area contributed by atoms with Gasteiger partial charge in [-0.2, -0.15) is 0 Å². The molecule has 0 unspecified atom stereocenters. The lowest BCUT2D eigenvalue weighted by Crippen LogP contribution is -2.46. The monoisotopic (exact) mass is 257 g/mol. The third-order valence-electron chi connectivity index (χ3n) is 2.46. The van der Waals surface area contributed by atoms with E-state index in [-0.39, 0.29) is 12.1 Å². The summed E-state index contributed by atoms with van der Waals surface area (Å²) < 4.78 is 5.18. The summed E-state index contributed by atoms with van der Waals surface area (Å²) in [6, 6.07) is -0.283. The van der Waals surface area contributed by atoms with Crippen LogP contribution in [-0.2, 0) is 4.74 Å². The molecule has 1 aliphatic rings. The zero-order valence-electron chi connectivity index (χ0n) is 9.55. The molecule has 0 radical (unpaired) electrons. The molecule has 17 heavy (non-hydrogen) atoms. The maximum Gasteiger partial charge on any atom is 0.318 e. The Kier molecular flexibility index (Phi) is 3.75. The van der Waals surface area contributed by atoms with Gasteiger partial charge in [-0.1, -0.05) is 11.3 Å². The van der Waals surface area contributed by atoms with Crippen molar-refractivity contribution in [1.29, 1.82) is 0 Å². The lowest BCUT2D eigenvalue weighted by Gasteiger charge is -2.27. The predicted octanol–water partition coefficient (Wildman–Crippen LogP) is 0.223. The van der Waals surface area contributed by atoms with Gasteiger partial charge in [0.1, 0.15) is 5.01 Å². The number of nitrogens with two attached hydrogens (primary N) is 1. The molecule has 3 N–H and O–H groups in total. The van der Waals surface area contributed by atoms with Crippen LogP contribution < -0.4 is 11.1 Å². The Morgan fingerprint density at radius 2 is 2.24 bits per heavy atom. The Balaban J connectivity index is 1.89. The molecule has 1 saturated heterocycles. The number of hydrogen-bond acceptors (Lipinski definition) is 6. The van der Waals surface area contributed by atoms with Crippen LogP contribution in [0.25, 0.3) is 0 Å². The summed E-state index contributed by atoms with van der Waals surface area (Å²) in [4.78, 5) is 13.6. The van der Waals surface area contributed by atoms with Crippen LogP contribution in [0, 0.1) is 0 Å². The number of hydrogen-bond donors (Lipinski definition) is 2. The highest BCUT2D eigenvalue weighted by Gasteiger charge is 2.20. The first kappa shape index (κ1) is 12.1. The smallest absolute Gasteiger partial charge is 0.318 e. The van der Waals surface area contributed by atoms with Crippen LogP contribution in [0.1, 0.15) is 18.0 Å². The van der Waals surface area contributed by atoms with Crippen LogP contribution >= 0.6 is 11.3 Å². The number of anilines is 1. The lowest BCUT2D eigenvalue weighted by atomic mass is 10.3. The van der Waals surface area contributed by atoms with Gasteiger partial charge in [-0.3, -0.25) is 0 Å². The Morgan fingerprint density at radius 3 is 2.82 bits per heavy atom. The SMILES string of the molecule is C[C@@H](NC(=O)N1CCOCC1)c1nnc(N)s1. The summed E-state index contributed by atoms with van der Waals surface area (Å²) in [5.74, 6) is 0. The number of aromatic nitrogens is 2. The number of carbonyl (C=O) groups is 1. The number of nitrogen functional groups attached to an aromatic ring is 1. The van der Waals surface area contributed by atoms with Crippen molar-refractivity contribution in [2.24, 2.45) is 0 Å². The zero-order valence-corrected chi connectivity index (χ0v) is 10.4. The molecule has 2 rings (SSSR count). The van der Waals surface area contributed by atoms with E-state index in [0.29, 0.717) is 36.4 Å². The molecule has 2 heterocycles. The molecule has 8 heteroatoms. The van der Waals surface area contributed by atoms with Crippen LogP contribution in [0.4, 0.5) is 9.93 Å². The fourth-order valence-electron chi connectivity index (χ4n) is 1.53. The van der Waals surface area contributed by atoms with Gasteiger partial charge in [0.05, 0.1) is 19.3 Å². The third-order valence-corrected chi connectivity index (χ3v) is 3.40. The van der Waals surface area contributed by atoms with E-state index in [4.69, 9.17) is 10.5 Å². The molecule has 0 aromatic carbocycles. The highest BCUT2D eigenvalue weighted by atomic mass is 32.1. The van der Waals surface area contributed by atoms with Gasteiger partial charge >= 0.3 is 6.03 Å². The first-order valence-corrected chi connectivity index (χ1v) is 6.20. The molecule has 1 atom stereocenters. The first-order valence-electron chi connectivity index (χ1n) is 5.39. The van der Waals surface area contributed by atoms with Crippen molar-refractivity contribution in [3.8, 4) is 0 Å². The maximum absolute atomic E-state index is 11.9. The molecule has 94 valence electrons. The van der Waals surface area contributed by atoms with Gasteiger partial charge in [-0.15, -0.1) is 10.2 Å². The summed E-state index contributed by atoms with van der Waals surface area (Å²) in [5, 5.41) is 11.6. The highest BCUT2D eigenvalue weighted by Crippen LogP contribution is 2.18. The third kappa shape index (κ3) is 3.04. The van der Waals surface area contributed by atoms with Gasteiger partial charge in [-0.25, -0.2) is 4.79 Å². The molecule has 2 amide bonds. The molecule has 7 nitrogen and oxygen atoms in total. The molecule has 0 bridgehead atoms. The highest BCUT2D eigenvalue weighted by molar-refractivity contribution is 7.15. The van der Waals surface area contributed by atoms with Crippen molar-refractivity contribution in [3.05, 3.63) is 5.01 Å². The summed E-state index contributed by atoms with van der Waals surface area (Å²) >= 11 is 1.28. The molecule has 1 fully saturated rings. The molecule has 0 aliphatic carbocycles. The predicted molar refractivity (Wildman–Crippen MR) is 63.7 cm³/mol. The number of ether oxygens (including phenoxy) is 1. The van der Waals surface area contributed by atoms with Crippen molar-refractivity contribution < 1.29 is 9.53 Å². The molecule has 1 aromatic heterocycles. The maximum atomic E-state index is 11.9. The Bertz CT molecular complexity index is 390. The number of nitrogens with zero attached hydrogens (tertiary/aromatic N) is 3. The van der Waals surface area contributed by atoms with E-state index in [9.17, 15) is 4.79 Å². The van der Waals surface area contributed by atoms with Gasteiger partial charge in [0.25, 0.3) is 0 Å². The van der Waals surface area contributed by atoms with Crippen LogP contribution in [0.5, 0.6) is 0 Å². The van der Waals surface area contributed by atoms with Gasteiger partial charge in [-0.05, 0) is 6.92 Å². The van der Waals surface area contributed by atoms with Crippen molar-refractivity contribution in [3.63, 3.8) is 0 Å². The number of carbonyl (C=O) groups excluding carboxylic acids is 1. The fourth-order valence-corrected chi connectivity index (χ4v) is 2.14. The Labute approximate surface area is 103 Å². The summed E-state index contributed by atoms with van der Waals surface area (Å²) in [6.45, 7) is 4.28. The second-order valence-electron chi connectivity index (χ2n) is 3.75. The first-order chi connectivity index (χ1) is 8.16. The van der Waals surface area contributed by atoms with E-state index >= 15 is 0 Å². The van der Waals surface area contributed by atoms with E-state index < -0.39 is 0 Å². The molecule has 1 aromatic rings. The topological polar surface area (TPSA) is 93.4 Å². The van der Waals surface area contributed by atoms with E-state index in [0.717, 1.165) is 0 Å². The number of amides is 2. The average Bonchev–Trinajstić information content (AvgIpc) is 2.77. The van der Waals surface area contributed by atoms with Gasteiger partial charge in [0, 0.05) is 13.1 Å². The zero-order chi connectivity index (χ0) is 12.3. The Morgan fingerprint density at radius 1 is 1.53 bits per heavy atom. The van der Waals surface area contributed by atoms with Crippen LogP contribution in [0.15, 0.2) is 0 Å². The second-order valence-corrected chi connectivity index (χ2v) is 4.79. The quantitative estimate of drug-likeness (QED) is 0.790. The van der Waals surface area contributed by atoms with Crippen molar-refractivity contribution >= 4 is 22.5 Å². The van der Waals surface area contributed by atoms with Crippen LogP contribution in [-0.4, -0.2) is 47.4 Å². The number of urea groups is 1. The van der Waals surface area contributed by atoms with E-state index in [1.165, 1.54) is 11.3 Å². The second kappa shape index (κ2) is 5.28. The Hall–Kier alpha value is -1.41. The molecule has 0 saturated carbocycles. The fraction of sp³-hybridized carbons (Fsp3) is 0.667. The lowest BCUT2D eigenvalue weighted by molar-refractivity contribution is 0.0526. The van der Waals surface area contributed by atoms with Crippen molar-refractivity contribution in [2.75, 3.05) is 32.0 Å². The average molecular weight is 257 g/mol.